The summed E-state index contributed by atoms with van der Waals surface area (Å²) < 4.78 is 29.5. The minimum absolute atomic E-state index is 0.183. The van der Waals surface area contributed by atoms with E-state index in [-0.39, 0.29) is 5.88 Å². The van der Waals surface area contributed by atoms with Crippen molar-refractivity contribution >= 4 is 15.9 Å². The predicted octanol–water partition coefficient (Wildman–Crippen LogP) is 2.63. The van der Waals surface area contributed by atoms with Crippen LogP contribution in [0.15, 0.2) is 6.07 Å². The molecule has 0 aliphatic heterocycles. The summed E-state index contributed by atoms with van der Waals surface area (Å²) in [5, 5.41) is 9.62. The zero-order valence-electron chi connectivity index (χ0n) is 7.30. The van der Waals surface area contributed by atoms with E-state index in [0.717, 1.165) is 6.07 Å². The van der Waals surface area contributed by atoms with E-state index in [9.17, 15) is 13.9 Å². The summed E-state index contributed by atoms with van der Waals surface area (Å²) >= 11 is 3.08. The Labute approximate surface area is 87.9 Å². The van der Waals surface area contributed by atoms with Gasteiger partial charge in [-0.15, -0.1) is 0 Å². The van der Waals surface area contributed by atoms with Gasteiger partial charge in [-0.1, -0.05) is 15.9 Å². The van der Waals surface area contributed by atoms with Crippen molar-refractivity contribution in [2.75, 3.05) is 7.11 Å². The number of alkyl halides is 3. The normalized spacial score (nSPS) is 10.6. The van der Waals surface area contributed by atoms with Gasteiger partial charge in [0, 0.05) is 5.33 Å². The summed E-state index contributed by atoms with van der Waals surface area (Å²) in [6.07, 6.45) is -2.75. The van der Waals surface area contributed by atoms with E-state index in [0.29, 0.717) is 11.0 Å². The second kappa shape index (κ2) is 4.54. The summed E-state index contributed by atoms with van der Waals surface area (Å²) in [6, 6.07) is 1.14. The summed E-state index contributed by atoms with van der Waals surface area (Å²) in [7, 11) is 1.26. The molecule has 0 saturated carbocycles. The van der Waals surface area contributed by atoms with E-state index < -0.39 is 17.7 Å². The lowest BCUT2D eigenvalue weighted by molar-refractivity contribution is 0.146. The number of halogens is 3. The molecule has 0 aliphatic carbocycles. The van der Waals surface area contributed by atoms with Gasteiger partial charge in [-0.2, -0.15) is 0 Å². The third-order valence-electron chi connectivity index (χ3n) is 1.61. The van der Waals surface area contributed by atoms with Crippen LogP contribution < -0.4 is 4.74 Å². The number of methoxy groups -OCH3 is 1. The van der Waals surface area contributed by atoms with Crippen molar-refractivity contribution in [2.45, 2.75) is 11.8 Å². The SMILES string of the molecule is COc1nc(CBr)cc(C(F)F)c1O. The van der Waals surface area contributed by atoms with Gasteiger partial charge < -0.3 is 9.84 Å². The first kappa shape index (κ1) is 11.2. The monoisotopic (exact) mass is 267 g/mol. The highest BCUT2D eigenvalue weighted by Crippen LogP contribution is 2.35. The van der Waals surface area contributed by atoms with Crippen LogP contribution in [-0.4, -0.2) is 17.2 Å². The van der Waals surface area contributed by atoms with Gasteiger partial charge in [0.1, 0.15) is 0 Å². The van der Waals surface area contributed by atoms with Crippen molar-refractivity contribution < 1.29 is 18.6 Å². The third kappa shape index (κ3) is 2.12. The number of aromatic hydroxyl groups is 1. The molecule has 0 bridgehead atoms. The summed E-state index contributed by atoms with van der Waals surface area (Å²) in [4.78, 5) is 3.80. The minimum Gasteiger partial charge on any atom is -0.503 e. The van der Waals surface area contributed by atoms with E-state index in [2.05, 4.69) is 25.7 Å². The molecule has 1 rings (SSSR count). The van der Waals surface area contributed by atoms with Gasteiger partial charge in [0.2, 0.25) is 0 Å². The second-order valence-corrected chi connectivity index (χ2v) is 3.06. The van der Waals surface area contributed by atoms with Crippen molar-refractivity contribution in [3.63, 3.8) is 0 Å². The van der Waals surface area contributed by atoms with Crippen LogP contribution >= 0.6 is 15.9 Å². The number of nitrogens with zero attached hydrogens (tertiary/aromatic N) is 1. The van der Waals surface area contributed by atoms with E-state index in [4.69, 9.17) is 0 Å². The van der Waals surface area contributed by atoms with Gasteiger partial charge in [-0.25, -0.2) is 13.8 Å². The van der Waals surface area contributed by atoms with E-state index in [1.165, 1.54) is 7.11 Å². The van der Waals surface area contributed by atoms with Gasteiger partial charge in [0.05, 0.1) is 18.4 Å². The molecule has 0 atom stereocenters. The molecule has 0 spiro atoms. The Morgan fingerprint density at radius 1 is 1.64 bits per heavy atom. The fourth-order valence-corrected chi connectivity index (χ4v) is 1.25. The molecular weight excluding hydrogens is 260 g/mol. The van der Waals surface area contributed by atoms with Crippen LogP contribution in [0.2, 0.25) is 0 Å². The molecule has 78 valence electrons. The van der Waals surface area contributed by atoms with E-state index >= 15 is 0 Å². The van der Waals surface area contributed by atoms with Crippen molar-refractivity contribution in [1.82, 2.24) is 4.98 Å². The molecule has 0 aromatic carbocycles. The molecular formula is C8H8BrF2NO2. The number of pyridine rings is 1. The van der Waals surface area contributed by atoms with Crippen molar-refractivity contribution in [3.8, 4) is 11.6 Å². The number of hydrogen-bond donors (Lipinski definition) is 1. The van der Waals surface area contributed by atoms with E-state index in [1.807, 2.05) is 0 Å². The number of aromatic nitrogens is 1. The maximum absolute atomic E-state index is 12.4. The first-order valence-corrected chi connectivity index (χ1v) is 4.83. The molecule has 3 nitrogen and oxygen atoms in total. The van der Waals surface area contributed by atoms with Gasteiger partial charge in [0.25, 0.3) is 12.3 Å². The molecule has 0 unspecified atom stereocenters. The highest BCUT2D eigenvalue weighted by Gasteiger charge is 2.18. The average molecular weight is 268 g/mol. The van der Waals surface area contributed by atoms with Gasteiger partial charge >= 0.3 is 0 Å². The van der Waals surface area contributed by atoms with Crippen molar-refractivity contribution in [3.05, 3.63) is 17.3 Å². The molecule has 1 N–H and O–H groups in total. The Balaban J connectivity index is 3.27. The Hall–Kier alpha value is -0.910. The lowest BCUT2D eigenvalue weighted by Gasteiger charge is -2.08. The molecule has 6 heteroatoms. The lowest BCUT2D eigenvalue weighted by atomic mass is 10.2. The molecule has 0 fully saturated rings. The number of ether oxygens (including phenoxy) is 1. The first-order chi connectivity index (χ1) is 6.60. The van der Waals surface area contributed by atoms with Crippen LogP contribution in [0.4, 0.5) is 8.78 Å². The Morgan fingerprint density at radius 2 is 2.29 bits per heavy atom. The zero-order valence-corrected chi connectivity index (χ0v) is 8.88. The maximum atomic E-state index is 12.4. The fraction of sp³-hybridized carbons (Fsp3) is 0.375. The summed E-state index contributed by atoms with van der Waals surface area (Å²) in [5.41, 5.74) is -0.0822. The second-order valence-electron chi connectivity index (χ2n) is 2.50. The van der Waals surface area contributed by atoms with Crippen LogP contribution in [0.5, 0.6) is 11.6 Å². The topological polar surface area (TPSA) is 42.4 Å². The lowest BCUT2D eigenvalue weighted by Crippen LogP contribution is -1.97. The van der Waals surface area contributed by atoms with Gasteiger partial charge in [-0.3, -0.25) is 0 Å². The largest absolute Gasteiger partial charge is 0.503 e. The van der Waals surface area contributed by atoms with E-state index in [1.54, 1.807) is 0 Å². The Morgan fingerprint density at radius 3 is 2.71 bits per heavy atom. The Kier molecular flexibility index (Phi) is 3.62. The zero-order chi connectivity index (χ0) is 10.7. The van der Waals surface area contributed by atoms with Crippen LogP contribution in [0.1, 0.15) is 17.7 Å². The van der Waals surface area contributed by atoms with Crippen LogP contribution in [-0.2, 0) is 5.33 Å². The quantitative estimate of drug-likeness (QED) is 0.857. The van der Waals surface area contributed by atoms with Crippen LogP contribution in [0.25, 0.3) is 0 Å². The summed E-state index contributed by atoms with van der Waals surface area (Å²) in [6.45, 7) is 0. The van der Waals surface area contributed by atoms with Crippen LogP contribution in [0, 0.1) is 0 Å². The average Bonchev–Trinajstić information content (AvgIpc) is 2.17. The molecule has 0 saturated heterocycles. The minimum atomic E-state index is -2.75. The molecule has 0 amide bonds. The third-order valence-corrected chi connectivity index (χ3v) is 2.18. The number of rotatable bonds is 3. The Bertz CT molecular complexity index is 333. The molecule has 0 radical (unpaired) electrons. The molecule has 1 aromatic rings. The summed E-state index contributed by atoms with van der Waals surface area (Å²) in [5.74, 6) is -0.788. The highest BCUT2D eigenvalue weighted by atomic mass is 79.9. The van der Waals surface area contributed by atoms with Gasteiger partial charge in [0.15, 0.2) is 5.75 Å². The van der Waals surface area contributed by atoms with Crippen molar-refractivity contribution in [2.24, 2.45) is 0 Å². The maximum Gasteiger partial charge on any atom is 0.267 e. The van der Waals surface area contributed by atoms with Crippen LogP contribution in [0.3, 0.4) is 0 Å². The van der Waals surface area contributed by atoms with Crippen molar-refractivity contribution in [1.29, 1.82) is 0 Å². The first-order valence-electron chi connectivity index (χ1n) is 3.71. The predicted molar refractivity (Wildman–Crippen MR) is 50.0 cm³/mol. The molecule has 1 heterocycles. The molecule has 1 aromatic heterocycles. The molecule has 0 aliphatic rings. The fourth-order valence-electron chi connectivity index (χ4n) is 0.964. The smallest absolute Gasteiger partial charge is 0.267 e. The van der Waals surface area contributed by atoms with Gasteiger partial charge in [-0.05, 0) is 6.07 Å². The molecule has 14 heavy (non-hydrogen) atoms. The number of hydrogen-bond acceptors (Lipinski definition) is 3. The highest BCUT2D eigenvalue weighted by molar-refractivity contribution is 9.08. The standard InChI is InChI=1S/C8H8BrF2NO2/c1-14-8-6(13)5(7(10)11)2-4(3-9)12-8/h2,7,13H,3H2,1H3.